The van der Waals surface area contributed by atoms with Crippen LogP contribution in [0.3, 0.4) is 0 Å². The molecule has 0 unspecified atom stereocenters. The van der Waals surface area contributed by atoms with Crippen molar-refractivity contribution in [2.45, 2.75) is 26.8 Å². The van der Waals surface area contributed by atoms with E-state index in [1.54, 1.807) is 12.4 Å². The average molecular weight is 323 g/mol. The summed E-state index contributed by atoms with van der Waals surface area (Å²) in [5.41, 5.74) is 4.40. The van der Waals surface area contributed by atoms with Crippen LogP contribution in [0.1, 0.15) is 33.5 Å². The molecule has 1 aromatic carbocycles. The fourth-order valence-electron chi connectivity index (χ4n) is 3.27. The zero-order valence-corrected chi connectivity index (χ0v) is 14.5. The van der Waals surface area contributed by atoms with Gasteiger partial charge in [0.25, 0.3) is 5.91 Å². The number of aromatic nitrogens is 1. The van der Waals surface area contributed by atoms with Crippen molar-refractivity contribution in [3.63, 3.8) is 0 Å². The summed E-state index contributed by atoms with van der Waals surface area (Å²) in [6, 6.07) is 10.4. The number of likely N-dealkylation sites (tertiary alicyclic amines) is 1. The van der Waals surface area contributed by atoms with Crippen LogP contribution < -0.4 is 5.32 Å². The minimum atomic E-state index is -0.0245. The van der Waals surface area contributed by atoms with Crippen molar-refractivity contribution in [1.29, 1.82) is 0 Å². The Labute approximate surface area is 143 Å². The minimum Gasteiger partial charge on any atom is -0.352 e. The molecule has 1 aliphatic rings. The summed E-state index contributed by atoms with van der Waals surface area (Å²) in [5, 5.41) is 3.06. The standard InChI is InChI=1S/C20H25N3O/c1-15-9-19(12-21-10-15)20(24)22-11-17-7-8-23(13-17)14-18-6-4-3-5-16(18)2/h3-6,9-10,12,17H,7-8,11,13-14H2,1-2H3,(H,22,24)/t17-/m0/s1. The zero-order chi connectivity index (χ0) is 16.9. The van der Waals surface area contributed by atoms with Gasteiger partial charge in [-0.3, -0.25) is 14.7 Å². The molecular formula is C20H25N3O. The third-order valence-electron chi connectivity index (χ3n) is 4.71. The quantitative estimate of drug-likeness (QED) is 0.920. The molecule has 0 radical (unpaired) electrons. The van der Waals surface area contributed by atoms with Crippen LogP contribution in [0.15, 0.2) is 42.7 Å². The van der Waals surface area contributed by atoms with E-state index in [0.29, 0.717) is 11.5 Å². The van der Waals surface area contributed by atoms with Crippen molar-refractivity contribution >= 4 is 5.91 Å². The number of rotatable bonds is 5. The molecule has 0 saturated carbocycles. The second-order valence-electron chi connectivity index (χ2n) is 6.78. The highest BCUT2D eigenvalue weighted by molar-refractivity contribution is 5.93. The van der Waals surface area contributed by atoms with E-state index in [-0.39, 0.29) is 5.91 Å². The molecule has 24 heavy (non-hydrogen) atoms. The topological polar surface area (TPSA) is 45.2 Å². The number of benzene rings is 1. The molecule has 4 heteroatoms. The summed E-state index contributed by atoms with van der Waals surface area (Å²) in [6.45, 7) is 7.99. The van der Waals surface area contributed by atoms with Gasteiger partial charge in [-0.15, -0.1) is 0 Å². The lowest BCUT2D eigenvalue weighted by atomic mass is 10.1. The van der Waals surface area contributed by atoms with Crippen LogP contribution >= 0.6 is 0 Å². The van der Waals surface area contributed by atoms with Crippen LogP contribution in [-0.4, -0.2) is 35.4 Å². The molecule has 3 rings (SSSR count). The Balaban J connectivity index is 1.48. The molecule has 4 nitrogen and oxygen atoms in total. The summed E-state index contributed by atoms with van der Waals surface area (Å²) in [5.74, 6) is 0.499. The monoisotopic (exact) mass is 323 g/mol. The number of hydrogen-bond donors (Lipinski definition) is 1. The van der Waals surface area contributed by atoms with Crippen molar-refractivity contribution < 1.29 is 4.79 Å². The predicted octanol–water partition coefficient (Wildman–Crippen LogP) is 2.95. The number of pyridine rings is 1. The van der Waals surface area contributed by atoms with Crippen LogP contribution in [-0.2, 0) is 6.54 Å². The lowest BCUT2D eigenvalue weighted by molar-refractivity contribution is 0.0947. The Morgan fingerprint density at radius 3 is 2.92 bits per heavy atom. The number of nitrogens with zero attached hydrogens (tertiary/aromatic N) is 2. The normalized spacial score (nSPS) is 17.8. The first-order chi connectivity index (χ1) is 11.6. The molecule has 0 spiro atoms. The van der Waals surface area contributed by atoms with E-state index in [2.05, 4.69) is 46.4 Å². The number of carbonyl (C=O) groups is 1. The third-order valence-corrected chi connectivity index (χ3v) is 4.71. The Hall–Kier alpha value is -2.20. The molecule has 1 fully saturated rings. The molecule has 2 heterocycles. The largest absolute Gasteiger partial charge is 0.352 e. The van der Waals surface area contributed by atoms with Gasteiger partial charge < -0.3 is 5.32 Å². The third kappa shape index (κ3) is 4.20. The van der Waals surface area contributed by atoms with Crippen molar-refractivity contribution in [3.05, 3.63) is 65.0 Å². The number of nitrogens with one attached hydrogen (secondary N) is 1. The summed E-state index contributed by atoms with van der Waals surface area (Å²) in [7, 11) is 0. The highest BCUT2D eigenvalue weighted by Crippen LogP contribution is 2.19. The van der Waals surface area contributed by atoms with Crippen molar-refractivity contribution in [1.82, 2.24) is 15.2 Å². The Morgan fingerprint density at radius 2 is 2.12 bits per heavy atom. The van der Waals surface area contributed by atoms with E-state index in [4.69, 9.17) is 0 Å². The van der Waals surface area contributed by atoms with Gasteiger partial charge in [0.15, 0.2) is 0 Å². The minimum absolute atomic E-state index is 0.0245. The van der Waals surface area contributed by atoms with Gasteiger partial charge >= 0.3 is 0 Å². The molecule has 1 aliphatic heterocycles. The molecular weight excluding hydrogens is 298 g/mol. The molecule has 0 aliphatic carbocycles. The average Bonchev–Trinajstić information content (AvgIpc) is 3.02. The molecule has 1 N–H and O–H groups in total. The maximum absolute atomic E-state index is 12.2. The maximum atomic E-state index is 12.2. The van der Waals surface area contributed by atoms with E-state index in [1.807, 2.05) is 13.0 Å². The second-order valence-corrected chi connectivity index (χ2v) is 6.78. The first kappa shape index (κ1) is 16.7. The smallest absolute Gasteiger partial charge is 0.252 e. The van der Waals surface area contributed by atoms with Crippen LogP contribution in [0, 0.1) is 19.8 Å². The van der Waals surface area contributed by atoms with Gasteiger partial charge in [0.1, 0.15) is 0 Å². The second kappa shape index (κ2) is 7.58. The highest BCUT2D eigenvalue weighted by atomic mass is 16.1. The lowest BCUT2D eigenvalue weighted by Crippen LogP contribution is -2.31. The summed E-state index contributed by atoms with van der Waals surface area (Å²) >= 11 is 0. The Morgan fingerprint density at radius 1 is 1.29 bits per heavy atom. The Kier molecular flexibility index (Phi) is 5.26. The Bertz CT molecular complexity index is 714. The number of carbonyl (C=O) groups excluding carboxylic acids is 1. The summed E-state index contributed by atoms with van der Waals surface area (Å²) < 4.78 is 0. The van der Waals surface area contributed by atoms with Crippen molar-refractivity contribution in [2.24, 2.45) is 5.92 Å². The van der Waals surface area contributed by atoms with Gasteiger partial charge in [-0.1, -0.05) is 24.3 Å². The lowest BCUT2D eigenvalue weighted by Gasteiger charge is -2.17. The fourth-order valence-corrected chi connectivity index (χ4v) is 3.27. The van der Waals surface area contributed by atoms with E-state index >= 15 is 0 Å². The number of amides is 1. The molecule has 126 valence electrons. The van der Waals surface area contributed by atoms with Crippen molar-refractivity contribution in [3.8, 4) is 0 Å². The van der Waals surface area contributed by atoms with Gasteiger partial charge in [-0.2, -0.15) is 0 Å². The summed E-state index contributed by atoms with van der Waals surface area (Å²) in [6.07, 6.45) is 4.52. The highest BCUT2D eigenvalue weighted by Gasteiger charge is 2.23. The van der Waals surface area contributed by atoms with Gasteiger partial charge in [0.05, 0.1) is 5.56 Å². The van der Waals surface area contributed by atoms with Crippen LogP contribution in [0.25, 0.3) is 0 Å². The SMILES string of the molecule is Cc1cncc(C(=O)NC[C@@H]2CCN(Cc3ccccc3C)C2)c1. The molecule has 1 amide bonds. The van der Waals surface area contributed by atoms with E-state index in [0.717, 1.165) is 38.2 Å². The first-order valence-electron chi connectivity index (χ1n) is 8.58. The predicted molar refractivity (Wildman–Crippen MR) is 95.9 cm³/mol. The zero-order valence-electron chi connectivity index (χ0n) is 14.5. The maximum Gasteiger partial charge on any atom is 0.252 e. The molecule has 1 atom stereocenters. The molecule has 2 aromatic rings. The fraction of sp³-hybridized carbons (Fsp3) is 0.400. The van der Waals surface area contributed by atoms with Crippen LogP contribution in [0.2, 0.25) is 0 Å². The summed E-state index contributed by atoms with van der Waals surface area (Å²) in [4.78, 5) is 18.8. The van der Waals surface area contributed by atoms with Gasteiger partial charge in [-0.25, -0.2) is 0 Å². The number of hydrogen-bond acceptors (Lipinski definition) is 3. The van der Waals surface area contributed by atoms with Gasteiger partial charge in [0.2, 0.25) is 0 Å². The van der Waals surface area contributed by atoms with Gasteiger partial charge in [-0.05, 0) is 55.5 Å². The van der Waals surface area contributed by atoms with E-state index in [9.17, 15) is 4.79 Å². The molecule has 1 saturated heterocycles. The first-order valence-corrected chi connectivity index (χ1v) is 8.58. The van der Waals surface area contributed by atoms with E-state index < -0.39 is 0 Å². The van der Waals surface area contributed by atoms with E-state index in [1.165, 1.54) is 11.1 Å². The van der Waals surface area contributed by atoms with Crippen molar-refractivity contribution in [2.75, 3.05) is 19.6 Å². The number of aryl methyl sites for hydroxylation is 2. The molecule has 0 bridgehead atoms. The van der Waals surface area contributed by atoms with Crippen LogP contribution in [0.5, 0.6) is 0 Å². The van der Waals surface area contributed by atoms with Gasteiger partial charge in [0, 0.05) is 32.0 Å². The van der Waals surface area contributed by atoms with Crippen LogP contribution in [0.4, 0.5) is 0 Å². The molecule has 1 aromatic heterocycles.